The van der Waals surface area contributed by atoms with Crippen molar-refractivity contribution in [3.05, 3.63) is 64.0 Å². The van der Waals surface area contributed by atoms with E-state index >= 15 is 0 Å². The Morgan fingerprint density at radius 2 is 2.12 bits per heavy atom. The molecule has 0 spiro atoms. The van der Waals surface area contributed by atoms with Crippen LogP contribution in [0, 0.1) is 17.1 Å². The number of hydrogen-bond acceptors (Lipinski definition) is 6. The molecule has 0 saturated heterocycles. The summed E-state index contributed by atoms with van der Waals surface area (Å²) in [6, 6.07) is 8.21. The number of hydrogen-bond donors (Lipinski definition) is 2. The molecule has 1 aromatic carbocycles. The van der Waals surface area contributed by atoms with Crippen molar-refractivity contribution >= 4 is 12.0 Å². The third-order valence-corrected chi connectivity index (χ3v) is 6.27. The summed E-state index contributed by atoms with van der Waals surface area (Å²) in [6.45, 7) is 1.04. The lowest BCUT2D eigenvalue weighted by atomic mass is 9.95. The maximum atomic E-state index is 13.9. The number of nitriles is 1. The number of aromatic amines is 1. The highest BCUT2D eigenvalue weighted by molar-refractivity contribution is 5.94. The van der Waals surface area contributed by atoms with Crippen molar-refractivity contribution in [1.82, 2.24) is 35.0 Å². The second-order valence-electron chi connectivity index (χ2n) is 8.37. The maximum absolute atomic E-state index is 13.9. The largest absolute Gasteiger partial charge is 0.465 e. The molecule has 0 aliphatic carbocycles. The molecule has 2 aliphatic heterocycles. The fourth-order valence-electron chi connectivity index (χ4n) is 4.59. The topological polar surface area (TPSA) is 144 Å². The Balaban J connectivity index is 1.57. The Morgan fingerprint density at radius 3 is 2.88 bits per heavy atom. The number of carbonyl (C=O) groups is 2. The van der Waals surface area contributed by atoms with E-state index in [0.717, 1.165) is 5.69 Å². The summed E-state index contributed by atoms with van der Waals surface area (Å²) in [5, 5.41) is 34.6. The predicted octanol–water partition coefficient (Wildman–Crippen LogP) is 1.53. The van der Waals surface area contributed by atoms with Crippen molar-refractivity contribution in [2.24, 2.45) is 0 Å². The molecule has 0 bridgehead atoms. The third kappa shape index (κ3) is 3.85. The van der Waals surface area contributed by atoms with E-state index in [2.05, 4.69) is 26.6 Å². The van der Waals surface area contributed by atoms with Gasteiger partial charge in [-0.3, -0.25) is 14.6 Å². The van der Waals surface area contributed by atoms with Crippen LogP contribution in [0.5, 0.6) is 0 Å². The van der Waals surface area contributed by atoms with Crippen molar-refractivity contribution in [3.63, 3.8) is 0 Å². The number of nitrogens with zero attached hydrogens (tertiary/aromatic N) is 7. The number of fused-ring (bicyclic) bond motifs is 2. The first-order valence-corrected chi connectivity index (χ1v) is 10.8. The number of amides is 2. The third-order valence-electron chi connectivity index (χ3n) is 6.27. The molecule has 1 unspecified atom stereocenters. The van der Waals surface area contributed by atoms with E-state index in [0.29, 0.717) is 35.5 Å². The van der Waals surface area contributed by atoms with Crippen LogP contribution in [0.4, 0.5) is 9.18 Å². The lowest BCUT2D eigenvalue weighted by Gasteiger charge is -2.25. The van der Waals surface area contributed by atoms with Gasteiger partial charge >= 0.3 is 6.09 Å². The zero-order chi connectivity index (χ0) is 23.8. The number of aromatic nitrogens is 5. The molecular formula is C22H21FN8O3. The summed E-state index contributed by atoms with van der Waals surface area (Å²) in [4.78, 5) is 28.0. The van der Waals surface area contributed by atoms with Gasteiger partial charge in [0.15, 0.2) is 5.69 Å². The average molecular weight is 464 g/mol. The highest BCUT2D eigenvalue weighted by Gasteiger charge is 2.35. The van der Waals surface area contributed by atoms with Crippen LogP contribution in [0.1, 0.15) is 44.6 Å². The normalized spacial score (nSPS) is 17.5. The first-order chi connectivity index (χ1) is 16.4. The Kier molecular flexibility index (Phi) is 5.45. The first kappa shape index (κ1) is 21.6. The fraction of sp³-hybridized carbons (Fsp3) is 0.364. The summed E-state index contributed by atoms with van der Waals surface area (Å²) in [7, 11) is 0. The van der Waals surface area contributed by atoms with E-state index in [9.17, 15) is 24.3 Å². The lowest BCUT2D eigenvalue weighted by Crippen LogP contribution is -2.37. The second kappa shape index (κ2) is 8.58. The standard InChI is InChI=1S/C22H21FN8O3/c23-15-3-1-2-13(8-15)9-16-19(21(32)29-5-4-17-18(12-29)26-28-25-17)27-31-7-6-30(22(33)34)11-14(10-24)20(16)31/h1-3,8,14H,4-7,9,11-12H2,(H,33,34)(H,25,26,28). The van der Waals surface area contributed by atoms with Gasteiger partial charge in [-0.1, -0.05) is 17.3 Å². The Hall–Kier alpha value is -4.27. The van der Waals surface area contributed by atoms with Crippen LogP contribution in [-0.4, -0.2) is 71.7 Å². The quantitative estimate of drug-likeness (QED) is 0.598. The van der Waals surface area contributed by atoms with Gasteiger partial charge in [-0.2, -0.15) is 10.4 Å². The van der Waals surface area contributed by atoms with Crippen LogP contribution in [0.3, 0.4) is 0 Å². The van der Waals surface area contributed by atoms with Gasteiger partial charge in [-0.15, -0.1) is 5.10 Å². The SMILES string of the molecule is N#CC1CN(C(=O)O)CCn2nc(C(=O)N3CCc4[nH]nnc4C3)c(Cc3cccc(F)c3)c21. The van der Waals surface area contributed by atoms with Gasteiger partial charge in [0.05, 0.1) is 30.5 Å². The summed E-state index contributed by atoms with van der Waals surface area (Å²) in [6.07, 6.45) is -0.358. The van der Waals surface area contributed by atoms with Gasteiger partial charge in [-0.25, -0.2) is 9.18 Å². The monoisotopic (exact) mass is 464 g/mol. The molecule has 3 aromatic rings. The Labute approximate surface area is 193 Å². The Bertz CT molecular complexity index is 1310. The molecule has 2 aliphatic rings. The van der Waals surface area contributed by atoms with Gasteiger partial charge in [0.2, 0.25) is 0 Å². The van der Waals surface area contributed by atoms with Crippen molar-refractivity contribution in [3.8, 4) is 6.07 Å². The van der Waals surface area contributed by atoms with E-state index < -0.39 is 17.8 Å². The molecule has 2 aromatic heterocycles. The average Bonchev–Trinajstić information content (AvgIpc) is 3.38. The maximum Gasteiger partial charge on any atom is 0.407 e. The summed E-state index contributed by atoms with van der Waals surface area (Å²) in [5.41, 5.74) is 3.41. The molecule has 11 nitrogen and oxygen atoms in total. The molecule has 12 heteroatoms. The number of rotatable bonds is 3. The predicted molar refractivity (Wildman–Crippen MR) is 114 cm³/mol. The summed E-state index contributed by atoms with van der Waals surface area (Å²) < 4.78 is 15.5. The molecule has 2 N–H and O–H groups in total. The highest BCUT2D eigenvalue weighted by atomic mass is 19.1. The number of benzene rings is 1. The van der Waals surface area contributed by atoms with Crippen LogP contribution in [0.25, 0.3) is 0 Å². The fourth-order valence-corrected chi connectivity index (χ4v) is 4.59. The van der Waals surface area contributed by atoms with E-state index in [-0.39, 0.29) is 44.2 Å². The summed E-state index contributed by atoms with van der Waals surface area (Å²) >= 11 is 0. The van der Waals surface area contributed by atoms with Crippen molar-refractivity contribution in [2.75, 3.05) is 19.6 Å². The second-order valence-corrected chi connectivity index (χ2v) is 8.37. The minimum atomic E-state index is -1.12. The van der Waals surface area contributed by atoms with Gasteiger partial charge in [-0.05, 0) is 17.7 Å². The van der Waals surface area contributed by atoms with Crippen LogP contribution in [-0.2, 0) is 25.9 Å². The smallest absolute Gasteiger partial charge is 0.407 e. The molecular weight excluding hydrogens is 443 g/mol. The van der Waals surface area contributed by atoms with Crippen molar-refractivity contribution in [2.45, 2.75) is 31.8 Å². The zero-order valence-corrected chi connectivity index (χ0v) is 18.1. The number of nitrogens with one attached hydrogen (secondary N) is 1. The van der Waals surface area contributed by atoms with Crippen molar-refractivity contribution < 1.29 is 19.1 Å². The van der Waals surface area contributed by atoms with Crippen LogP contribution >= 0.6 is 0 Å². The molecule has 0 saturated carbocycles. The minimum absolute atomic E-state index is 0.0344. The molecule has 2 amide bonds. The van der Waals surface area contributed by atoms with E-state index in [1.165, 1.54) is 17.0 Å². The molecule has 0 radical (unpaired) electrons. The van der Waals surface area contributed by atoms with Gasteiger partial charge in [0.25, 0.3) is 5.91 Å². The highest BCUT2D eigenvalue weighted by Crippen LogP contribution is 2.30. The van der Waals surface area contributed by atoms with E-state index in [1.54, 1.807) is 21.7 Å². The minimum Gasteiger partial charge on any atom is -0.465 e. The van der Waals surface area contributed by atoms with Gasteiger partial charge in [0, 0.05) is 38.0 Å². The van der Waals surface area contributed by atoms with Crippen LogP contribution in [0.2, 0.25) is 0 Å². The number of halogens is 1. The number of carboxylic acid groups (broad SMARTS) is 1. The van der Waals surface area contributed by atoms with Crippen molar-refractivity contribution in [1.29, 1.82) is 5.26 Å². The molecule has 5 rings (SSSR count). The molecule has 0 fully saturated rings. The molecule has 34 heavy (non-hydrogen) atoms. The molecule has 1 atom stereocenters. The van der Waals surface area contributed by atoms with E-state index in [1.807, 2.05) is 0 Å². The van der Waals surface area contributed by atoms with Gasteiger partial charge < -0.3 is 14.9 Å². The van der Waals surface area contributed by atoms with Crippen LogP contribution in [0.15, 0.2) is 24.3 Å². The number of carbonyl (C=O) groups excluding carboxylic acids is 1. The Morgan fingerprint density at radius 1 is 1.26 bits per heavy atom. The van der Waals surface area contributed by atoms with E-state index in [4.69, 9.17) is 0 Å². The lowest BCUT2D eigenvalue weighted by molar-refractivity contribution is 0.0723. The number of H-pyrrole nitrogens is 1. The first-order valence-electron chi connectivity index (χ1n) is 10.8. The van der Waals surface area contributed by atoms with Crippen LogP contribution < -0.4 is 0 Å². The van der Waals surface area contributed by atoms with Gasteiger partial charge in [0.1, 0.15) is 17.4 Å². The molecule has 4 heterocycles. The molecule has 174 valence electrons. The summed E-state index contributed by atoms with van der Waals surface area (Å²) in [5.74, 6) is -1.54. The zero-order valence-electron chi connectivity index (χ0n) is 18.1.